The molecule has 2 amide bonds. The van der Waals surface area contributed by atoms with E-state index in [0.717, 1.165) is 24.1 Å². The van der Waals surface area contributed by atoms with E-state index in [-0.39, 0.29) is 41.7 Å². The van der Waals surface area contributed by atoms with Crippen LogP contribution in [-0.2, 0) is 6.54 Å². The lowest BCUT2D eigenvalue weighted by Crippen LogP contribution is -2.67. The number of aliphatic hydroxyl groups excluding tert-OH is 1. The van der Waals surface area contributed by atoms with Gasteiger partial charge in [0.15, 0.2) is 17.4 Å². The van der Waals surface area contributed by atoms with Crippen molar-refractivity contribution in [2.24, 2.45) is 33.5 Å². The number of carbonyl (C=O) groups is 2. The van der Waals surface area contributed by atoms with Gasteiger partial charge in [0.25, 0.3) is 0 Å². The van der Waals surface area contributed by atoms with Crippen LogP contribution in [0.2, 0.25) is 0 Å². The Morgan fingerprint density at radius 2 is 1.51 bits per heavy atom. The van der Waals surface area contributed by atoms with Crippen LogP contribution < -0.4 is 19.5 Å². The van der Waals surface area contributed by atoms with Crippen LogP contribution in [-0.4, -0.2) is 66.5 Å². The van der Waals surface area contributed by atoms with Gasteiger partial charge >= 0.3 is 6.03 Å². The minimum atomic E-state index is -1.38. The maximum atomic E-state index is 14.8. The first-order valence-corrected chi connectivity index (χ1v) is 19.9. The average molecular weight is 783 g/mol. The van der Waals surface area contributed by atoms with E-state index in [4.69, 9.17) is 14.2 Å². The highest BCUT2D eigenvalue weighted by molar-refractivity contribution is 6.10. The lowest BCUT2D eigenvalue weighted by Gasteiger charge is -2.71. The molecule has 11 heteroatoms. The Morgan fingerprint density at radius 1 is 0.825 bits per heavy atom. The SMILES string of the molecule is COc1ccc(NC(=O)N(Cc2ccc(OC)cc2OC)CC2(O)CCC3C45C=CC6(C=C4C(=O)c4ccc(F)c(F)c4)CC(O)CCC6(C)C5CCC32C)cc1. The van der Waals surface area contributed by atoms with Crippen molar-refractivity contribution in [2.45, 2.75) is 77.0 Å². The molecule has 8 unspecified atom stereocenters. The number of aliphatic hydroxyl groups is 2. The van der Waals surface area contributed by atoms with Crippen molar-refractivity contribution in [3.8, 4) is 17.2 Å². The van der Waals surface area contributed by atoms with Gasteiger partial charge in [-0.1, -0.05) is 32.1 Å². The van der Waals surface area contributed by atoms with E-state index in [1.165, 1.54) is 6.07 Å². The van der Waals surface area contributed by atoms with Crippen LogP contribution in [0, 0.1) is 45.1 Å². The summed E-state index contributed by atoms with van der Waals surface area (Å²) in [5.74, 6) is -0.927. The van der Waals surface area contributed by atoms with Crippen molar-refractivity contribution in [3.05, 3.63) is 107 Å². The number of ketones is 1. The quantitative estimate of drug-likeness (QED) is 0.140. The maximum absolute atomic E-state index is 14.8. The van der Waals surface area contributed by atoms with E-state index < -0.39 is 45.6 Å². The summed E-state index contributed by atoms with van der Waals surface area (Å²) in [6.45, 7) is 4.49. The van der Waals surface area contributed by atoms with Gasteiger partial charge in [-0.3, -0.25) is 4.79 Å². The standard InChI is InChI=1S/C46H52F2N2O7/c1-42-17-14-31(51)24-44(42)20-21-46(34(25-44)40(52)28-7-13-35(47)36(48)22-28)38(42)15-18-43(2)39(46)16-19-45(43,54)27-50(26-29-6-10-33(56-4)23-37(29)57-5)41(53)49-30-8-11-32(55-3)12-9-30/h6-13,20-23,25,31,38-39,51,54H,14-19,24,26-27H2,1-5H3,(H,49,53). The highest BCUT2D eigenvalue weighted by Crippen LogP contribution is 2.78. The van der Waals surface area contributed by atoms with Crippen LogP contribution in [0.5, 0.6) is 17.2 Å². The monoisotopic (exact) mass is 782 g/mol. The summed E-state index contributed by atoms with van der Waals surface area (Å²) in [6, 6.07) is 15.3. The number of benzene rings is 3. The number of rotatable bonds is 10. The molecule has 6 aliphatic rings. The van der Waals surface area contributed by atoms with E-state index in [1.54, 1.807) is 62.6 Å². The number of hydrogen-bond acceptors (Lipinski definition) is 7. The number of urea groups is 1. The fourth-order valence-corrected chi connectivity index (χ4v) is 12.0. The normalized spacial score (nSPS) is 33.4. The highest BCUT2D eigenvalue weighted by Gasteiger charge is 2.74. The summed E-state index contributed by atoms with van der Waals surface area (Å²) in [5.41, 5.74) is -1.96. The molecule has 9 nitrogen and oxygen atoms in total. The molecule has 0 saturated heterocycles. The largest absolute Gasteiger partial charge is 0.497 e. The van der Waals surface area contributed by atoms with Crippen molar-refractivity contribution in [1.29, 1.82) is 0 Å². The summed E-state index contributed by atoms with van der Waals surface area (Å²) >= 11 is 0. The smallest absolute Gasteiger partial charge is 0.322 e. The number of methoxy groups -OCH3 is 3. The predicted octanol–water partition coefficient (Wildman–Crippen LogP) is 8.50. The molecule has 302 valence electrons. The van der Waals surface area contributed by atoms with Gasteiger partial charge in [-0.2, -0.15) is 0 Å². The molecule has 9 rings (SSSR count). The van der Waals surface area contributed by atoms with Crippen LogP contribution in [0.4, 0.5) is 19.3 Å². The van der Waals surface area contributed by atoms with Crippen molar-refractivity contribution >= 4 is 17.5 Å². The Kier molecular flexibility index (Phi) is 9.59. The van der Waals surface area contributed by atoms with Crippen LogP contribution in [0.3, 0.4) is 0 Å². The number of amides is 2. The van der Waals surface area contributed by atoms with Gasteiger partial charge in [0.2, 0.25) is 0 Å². The number of carbonyl (C=O) groups excluding carboxylic acids is 2. The first kappa shape index (κ1) is 39.1. The van der Waals surface area contributed by atoms with Gasteiger partial charge in [-0.25, -0.2) is 13.6 Å². The number of ether oxygens (including phenoxy) is 3. The van der Waals surface area contributed by atoms with Crippen molar-refractivity contribution in [3.63, 3.8) is 0 Å². The Hall–Kier alpha value is -4.74. The van der Waals surface area contributed by atoms with Crippen LogP contribution in [0.1, 0.15) is 74.7 Å². The molecule has 3 fully saturated rings. The van der Waals surface area contributed by atoms with Gasteiger partial charge in [-0.05, 0) is 117 Å². The predicted molar refractivity (Wildman–Crippen MR) is 211 cm³/mol. The third kappa shape index (κ3) is 5.89. The third-order valence-electron chi connectivity index (χ3n) is 15.1. The lowest BCUT2D eigenvalue weighted by molar-refractivity contribution is -0.174. The van der Waals surface area contributed by atoms with E-state index in [1.807, 2.05) is 12.1 Å². The summed E-state index contributed by atoms with van der Waals surface area (Å²) in [6.07, 6.45) is 10.1. The fraction of sp³-hybridized carbons (Fsp3) is 0.478. The van der Waals surface area contributed by atoms with Crippen LogP contribution in [0.25, 0.3) is 0 Å². The summed E-state index contributed by atoms with van der Waals surface area (Å²) in [4.78, 5) is 30.8. The van der Waals surface area contributed by atoms with E-state index in [2.05, 4.69) is 31.3 Å². The van der Waals surface area contributed by atoms with Crippen LogP contribution >= 0.6 is 0 Å². The summed E-state index contributed by atoms with van der Waals surface area (Å²) < 4.78 is 45.3. The zero-order valence-corrected chi connectivity index (χ0v) is 33.2. The number of hydrogen-bond donors (Lipinski definition) is 3. The second kappa shape index (κ2) is 14.0. The van der Waals surface area contributed by atoms with Gasteiger partial charge in [0.1, 0.15) is 17.2 Å². The molecule has 0 heterocycles. The molecule has 3 aromatic rings. The van der Waals surface area contributed by atoms with E-state index in [0.29, 0.717) is 67.0 Å². The van der Waals surface area contributed by atoms with Gasteiger partial charge in [0, 0.05) is 44.7 Å². The molecule has 0 aliphatic heterocycles. The fourth-order valence-electron chi connectivity index (χ4n) is 12.0. The van der Waals surface area contributed by atoms with E-state index in [9.17, 15) is 28.6 Å². The summed E-state index contributed by atoms with van der Waals surface area (Å²) in [5, 5.41) is 27.2. The zero-order chi connectivity index (χ0) is 40.5. The zero-order valence-electron chi connectivity index (χ0n) is 33.2. The molecule has 8 atom stereocenters. The molecule has 0 radical (unpaired) electrons. The minimum absolute atomic E-state index is 0.00444. The minimum Gasteiger partial charge on any atom is -0.497 e. The molecule has 3 N–H and O–H groups in total. The van der Waals surface area contributed by atoms with Gasteiger partial charge in [-0.15, -0.1) is 0 Å². The second-order valence-electron chi connectivity index (χ2n) is 17.5. The number of halogens is 2. The number of Topliss-reactive ketones (excluding diaryl/α,β-unsaturated/α-hetero) is 1. The average Bonchev–Trinajstić information content (AvgIpc) is 3.48. The molecule has 6 aliphatic carbocycles. The molecule has 2 spiro atoms. The van der Waals surface area contributed by atoms with Crippen LogP contribution in [0.15, 0.2) is 84.5 Å². The number of fused-ring (bicyclic) bond motifs is 1. The van der Waals surface area contributed by atoms with Gasteiger partial charge in [0.05, 0.1) is 46.1 Å². The van der Waals surface area contributed by atoms with Crippen molar-refractivity contribution in [1.82, 2.24) is 4.90 Å². The van der Waals surface area contributed by atoms with Crippen molar-refractivity contribution in [2.75, 3.05) is 33.2 Å². The Morgan fingerprint density at radius 3 is 2.21 bits per heavy atom. The Labute approximate surface area is 332 Å². The molecule has 2 bridgehead atoms. The Bertz CT molecular complexity index is 2160. The molecular weight excluding hydrogens is 731 g/mol. The summed E-state index contributed by atoms with van der Waals surface area (Å²) in [7, 11) is 4.71. The Balaban J connectivity index is 1.19. The maximum Gasteiger partial charge on any atom is 0.322 e. The first-order chi connectivity index (χ1) is 27.2. The molecule has 0 aromatic heterocycles. The first-order valence-electron chi connectivity index (χ1n) is 19.9. The van der Waals surface area contributed by atoms with Crippen molar-refractivity contribution < 1.29 is 42.8 Å². The number of nitrogens with one attached hydrogen (secondary N) is 1. The number of anilines is 1. The molecule has 3 saturated carbocycles. The topological polar surface area (TPSA) is 118 Å². The number of nitrogens with zero attached hydrogens (tertiary/aromatic N) is 1. The highest BCUT2D eigenvalue weighted by atomic mass is 19.2. The number of allylic oxidation sites excluding steroid dienone is 4. The second-order valence-corrected chi connectivity index (χ2v) is 17.5. The molecule has 3 aromatic carbocycles. The third-order valence-corrected chi connectivity index (χ3v) is 15.1. The van der Waals surface area contributed by atoms with Gasteiger partial charge < -0.3 is 34.6 Å². The molecular formula is C46H52F2N2O7. The molecule has 57 heavy (non-hydrogen) atoms. The van der Waals surface area contributed by atoms with E-state index >= 15 is 0 Å². The lowest BCUT2D eigenvalue weighted by atomic mass is 9.32.